The molecule has 0 atom stereocenters. The van der Waals surface area contributed by atoms with Gasteiger partial charge in [-0.1, -0.05) is 91.0 Å². The summed E-state index contributed by atoms with van der Waals surface area (Å²) in [5.74, 6) is 0. The van der Waals surface area contributed by atoms with Crippen LogP contribution in [0.3, 0.4) is 0 Å². The Hall–Kier alpha value is -5.17. The van der Waals surface area contributed by atoms with Gasteiger partial charge in [0.1, 0.15) is 0 Å². The standard InChI is InChI=1S/C37H22N2S/c1-38-27-21-26(22-28(23-27)39-34-17-5-2-12-30(34)31-13-3-6-18-35(31)39)24-10-8-11-25(20-24)29-15-9-16-33-32-14-4-7-19-36(32)40-37(29)33/h2-23H. The van der Waals surface area contributed by atoms with E-state index in [1.165, 1.54) is 42.1 Å². The third-order valence-corrected chi connectivity index (χ3v) is 9.00. The van der Waals surface area contributed by atoms with Gasteiger partial charge in [-0.15, -0.1) is 11.3 Å². The van der Waals surface area contributed by atoms with E-state index in [1.807, 2.05) is 23.5 Å². The number of thiophene rings is 1. The predicted molar refractivity (Wildman–Crippen MR) is 171 cm³/mol. The molecule has 6 aromatic carbocycles. The topological polar surface area (TPSA) is 9.29 Å². The lowest BCUT2D eigenvalue weighted by Gasteiger charge is -2.13. The van der Waals surface area contributed by atoms with E-state index in [9.17, 15) is 0 Å². The first-order chi connectivity index (χ1) is 19.8. The molecule has 0 radical (unpaired) electrons. The van der Waals surface area contributed by atoms with E-state index in [2.05, 4.69) is 131 Å². The molecule has 8 rings (SSSR count). The first kappa shape index (κ1) is 22.8. The van der Waals surface area contributed by atoms with Crippen molar-refractivity contribution < 1.29 is 0 Å². The number of para-hydroxylation sites is 2. The highest BCUT2D eigenvalue weighted by Crippen LogP contribution is 2.41. The zero-order chi connectivity index (χ0) is 26.6. The Morgan fingerprint density at radius 1 is 0.525 bits per heavy atom. The SMILES string of the molecule is [C-]#[N+]c1cc(-c2cccc(-c3cccc4c3sc3ccccc34)c2)cc(-n2c3ccccc3c3ccccc32)c1. The van der Waals surface area contributed by atoms with Crippen LogP contribution < -0.4 is 0 Å². The van der Waals surface area contributed by atoms with E-state index < -0.39 is 0 Å². The molecule has 8 aromatic rings. The van der Waals surface area contributed by atoms with Crippen LogP contribution in [0.5, 0.6) is 0 Å². The lowest BCUT2D eigenvalue weighted by molar-refractivity contribution is 1.18. The Balaban J connectivity index is 1.32. The molecule has 0 fully saturated rings. The number of hydrogen-bond acceptors (Lipinski definition) is 1. The van der Waals surface area contributed by atoms with Gasteiger partial charge in [0.05, 0.1) is 17.6 Å². The Morgan fingerprint density at radius 2 is 1.18 bits per heavy atom. The molecule has 0 aliphatic heterocycles. The third kappa shape index (κ3) is 3.48. The van der Waals surface area contributed by atoms with Crippen LogP contribution in [0.1, 0.15) is 0 Å². The van der Waals surface area contributed by atoms with Crippen molar-refractivity contribution in [1.29, 1.82) is 0 Å². The van der Waals surface area contributed by atoms with Crippen LogP contribution in [0.25, 0.3) is 74.8 Å². The molecule has 0 amide bonds. The van der Waals surface area contributed by atoms with Crippen molar-refractivity contribution >= 4 is 59.0 Å². The fourth-order valence-electron chi connectivity index (χ4n) is 6.00. The summed E-state index contributed by atoms with van der Waals surface area (Å²) in [5, 5.41) is 5.03. The molecule has 0 saturated heterocycles. The molecule has 0 unspecified atom stereocenters. The van der Waals surface area contributed by atoms with Crippen molar-refractivity contribution in [3.05, 3.63) is 145 Å². The monoisotopic (exact) mass is 526 g/mol. The molecule has 40 heavy (non-hydrogen) atoms. The summed E-state index contributed by atoms with van der Waals surface area (Å²) in [6.45, 7) is 7.89. The summed E-state index contributed by atoms with van der Waals surface area (Å²) in [5.41, 5.74) is 8.47. The Bertz CT molecular complexity index is 2240. The first-order valence-corrected chi connectivity index (χ1v) is 14.1. The molecule has 3 heteroatoms. The van der Waals surface area contributed by atoms with Gasteiger partial charge in [0.15, 0.2) is 5.69 Å². The second-order valence-electron chi connectivity index (χ2n) is 10.1. The Morgan fingerprint density at radius 3 is 1.95 bits per heavy atom. The van der Waals surface area contributed by atoms with Gasteiger partial charge in [-0.3, -0.25) is 0 Å². The molecule has 0 aliphatic rings. The highest BCUT2D eigenvalue weighted by Gasteiger charge is 2.15. The molecule has 2 aromatic heterocycles. The largest absolute Gasteiger partial charge is 0.310 e. The van der Waals surface area contributed by atoms with E-state index in [1.54, 1.807) is 0 Å². The van der Waals surface area contributed by atoms with Gasteiger partial charge in [0, 0.05) is 36.6 Å². The molecule has 0 spiro atoms. The van der Waals surface area contributed by atoms with Crippen LogP contribution in [0, 0.1) is 6.57 Å². The van der Waals surface area contributed by atoms with E-state index in [0.29, 0.717) is 5.69 Å². The van der Waals surface area contributed by atoms with Crippen molar-refractivity contribution in [2.45, 2.75) is 0 Å². The van der Waals surface area contributed by atoms with E-state index in [4.69, 9.17) is 6.57 Å². The van der Waals surface area contributed by atoms with Crippen molar-refractivity contribution in [2.75, 3.05) is 0 Å². The third-order valence-electron chi connectivity index (χ3n) is 7.78. The first-order valence-electron chi connectivity index (χ1n) is 13.3. The predicted octanol–water partition coefficient (Wildman–Crippen LogP) is 11.0. The van der Waals surface area contributed by atoms with Gasteiger partial charge >= 0.3 is 0 Å². The van der Waals surface area contributed by atoms with Crippen molar-refractivity contribution in [1.82, 2.24) is 4.57 Å². The highest BCUT2D eigenvalue weighted by molar-refractivity contribution is 7.26. The average molecular weight is 527 g/mol. The van der Waals surface area contributed by atoms with Crippen LogP contribution in [-0.2, 0) is 0 Å². The maximum absolute atomic E-state index is 7.89. The minimum absolute atomic E-state index is 0.631. The van der Waals surface area contributed by atoms with Crippen LogP contribution >= 0.6 is 11.3 Å². The minimum Gasteiger partial charge on any atom is -0.310 e. The van der Waals surface area contributed by atoms with Crippen LogP contribution in [0.15, 0.2) is 133 Å². The smallest absolute Gasteiger partial charge is 0.189 e. The second kappa shape index (κ2) is 8.95. The van der Waals surface area contributed by atoms with Crippen LogP contribution in [0.2, 0.25) is 0 Å². The lowest BCUT2D eigenvalue weighted by atomic mass is 9.97. The fourth-order valence-corrected chi connectivity index (χ4v) is 7.24. The maximum atomic E-state index is 7.89. The number of nitrogens with zero attached hydrogens (tertiary/aromatic N) is 2. The molecule has 2 heterocycles. The second-order valence-corrected chi connectivity index (χ2v) is 11.1. The normalized spacial score (nSPS) is 11.5. The van der Waals surface area contributed by atoms with E-state index >= 15 is 0 Å². The molecular formula is C37H22N2S. The van der Waals surface area contributed by atoms with Gasteiger partial charge in [-0.05, 0) is 64.7 Å². The van der Waals surface area contributed by atoms with Gasteiger partial charge in [-0.25, -0.2) is 4.85 Å². The summed E-state index contributed by atoms with van der Waals surface area (Å²) in [6, 6.07) is 47.2. The average Bonchev–Trinajstić information content (AvgIpc) is 3.57. The van der Waals surface area contributed by atoms with Crippen LogP contribution in [0.4, 0.5) is 5.69 Å². The zero-order valence-corrected chi connectivity index (χ0v) is 22.3. The molecule has 186 valence electrons. The maximum Gasteiger partial charge on any atom is 0.189 e. The summed E-state index contributed by atoms with van der Waals surface area (Å²) < 4.78 is 4.90. The van der Waals surface area contributed by atoms with E-state index in [0.717, 1.165) is 27.8 Å². The summed E-state index contributed by atoms with van der Waals surface area (Å²) >= 11 is 1.85. The number of aromatic nitrogens is 1. The fraction of sp³-hybridized carbons (Fsp3) is 0. The molecular weight excluding hydrogens is 504 g/mol. The minimum atomic E-state index is 0.631. The number of hydrogen-bond donors (Lipinski definition) is 0. The number of benzene rings is 6. The van der Waals surface area contributed by atoms with Crippen LogP contribution in [-0.4, -0.2) is 4.57 Å². The zero-order valence-electron chi connectivity index (χ0n) is 21.5. The number of rotatable bonds is 3. The van der Waals surface area contributed by atoms with Gasteiger partial charge < -0.3 is 4.57 Å². The quantitative estimate of drug-likeness (QED) is 0.203. The summed E-state index contributed by atoms with van der Waals surface area (Å²) in [6.07, 6.45) is 0. The number of fused-ring (bicyclic) bond motifs is 6. The Labute approximate surface area is 235 Å². The van der Waals surface area contributed by atoms with Crippen molar-refractivity contribution in [3.63, 3.8) is 0 Å². The molecule has 0 N–H and O–H groups in total. The molecule has 2 nitrogen and oxygen atoms in total. The summed E-state index contributed by atoms with van der Waals surface area (Å²) in [7, 11) is 0. The van der Waals surface area contributed by atoms with Crippen molar-refractivity contribution in [2.24, 2.45) is 0 Å². The summed E-state index contributed by atoms with van der Waals surface area (Å²) in [4.78, 5) is 3.87. The van der Waals surface area contributed by atoms with Gasteiger partial charge in [0.2, 0.25) is 0 Å². The van der Waals surface area contributed by atoms with Gasteiger partial charge in [-0.2, -0.15) is 0 Å². The highest BCUT2D eigenvalue weighted by atomic mass is 32.1. The Kier molecular flexibility index (Phi) is 5.10. The van der Waals surface area contributed by atoms with Crippen molar-refractivity contribution in [3.8, 4) is 27.9 Å². The van der Waals surface area contributed by atoms with Gasteiger partial charge in [0.25, 0.3) is 0 Å². The lowest BCUT2D eigenvalue weighted by Crippen LogP contribution is -1.94. The molecule has 0 bridgehead atoms. The van der Waals surface area contributed by atoms with E-state index in [-0.39, 0.29) is 0 Å². The molecule has 0 saturated carbocycles. The molecule has 0 aliphatic carbocycles.